The first kappa shape index (κ1) is 12.0. The predicted octanol–water partition coefficient (Wildman–Crippen LogP) is 2.85. The first-order chi connectivity index (χ1) is 8.27. The van der Waals surface area contributed by atoms with Crippen molar-refractivity contribution in [2.45, 2.75) is 31.7 Å². The lowest BCUT2D eigenvalue weighted by molar-refractivity contribution is 0.0809. The molecule has 1 aliphatic rings. The third kappa shape index (κ3) is 3.22. The molecule has 92 valence electrons. The Morgan fingerprint density at radius 1 is 1.35 bits per heavy atom. The van der Waals surface area contributed by atoms with E-state index in [1.165, 1.54) is 12.0 Å². The van der Waals surface area contributed by atoms with E-state index in [1.807, 2.05) is 37.4 Å². The molecule has 3 nitrogen and oxygen atoms in total. The summed E-state index contributed by atoms with van der Waals surface area (Å²) in [5, 5.41) is 0. The van der Waals surface area contributed by atoms with Crippen LogP contribution in [-0.4, -0.2) is 30.7 Å². The van der Waals surface area contributed by atoms with Crippen LogP contribution in [0.25, 0.3) is 0 Å². The van der Waals surface area contributed by atoms with E-state index in [0.29, 0.717) is 12.6 Å². The van der Waals surface area contributed by atoms with Crippen molar-refractivity contribution in [3.05, 3.63) is 35.9 Å². The number of rotatable bonds is 4. The van der Waals surface area contributed by atoms with Crippen LogP contribution in [0.4, 0.5) is 4.79 Å². The van der Waals surface area contributed by atoms with Crippen molar-refractivity contribution in [2.24, 2.45) is 0 Å². The molecule has 0 heterocycles. The maximum Gasteiger partial charge on any atom is 0.409 e. The highest BCUT2D eigenvalue weighted by molar-refractivity contribution is 5.67. The van der Waals surface area contributed by atoms with E-state index < -0.39 is 0 Å². The third-order valence-electron chi connectivity index (χ3n) is 3.37. The number of amides is 1. The number of ether oxygens (including phenoxy) is 1. The Morgan fingerprint density at radius 3 is 2.65 bits per heavy atom. The van der Waals surface area contributed by atoms with Gasteiger partial charge in [-0.15, -0.1) is 0 Å². The van der Waals surface area contributed by atoms with Crippen molar-refractivity contribution in [2.75, 3.05) is 13.7 Å². The Morgan fingerprint density at radius 2 is 2.06 bits per heavy atom. The van der Waals surface area contributed by atoms with E-state index in [4.69, 9.17) is 4.74 Å². The summed E-state index contributed by atoms with van der Waals surface area (Å²) in [5.74, 6) is 0. The Balaban J connectivity index is 1.69. The molecule has 1 fully saturated rings. The van der Waals surface area contributed by atoms with Crippen LogP contribution >= 0.6 is 0 Å². The molecule has 1 amide bonds. The SMILES string of the molecule is CN(C(=O)OCCc1ccccc1)C1CCC1. The first-order valence-corrected chi connectivity index (χ1v) is 6.21. The van der Waals surface area contributed by atoms with Gasteiger partial charge in [0.15, 0.2) is 0 Å². The Labute approximate surface area is 102 Å². The Hall–Kier alpha value is -1.51. The molecule has 17 heavy (non-hydrogen) atoms. The Bertz CT molecular complexity index is 360. The van der Waals surface area contributed by atoms with Gasteiger partial charge in [-0.25, -0.2) is 4.79 Å². The van der Waals surface area contributed by atoms with E-state index in [2.05, 4.69) is 0 Å². The fourth-order valence-electron chi connectivity index (χ4n) is 1.93. The van der Waals surface area contributed by atoms with Crippen LogP contribution in [0, 0.1) is 0 Å². The van der Waals surface area contributed by atoms with Crippen LogP contribution in [0.15, 0.2) is 30.3 Å². The number of hydrogen-bond donors (Lipinski definition) is 0. The zero-order valence-corrected chi connectivity index (χ0v) is 10.3. The number of hydrogen-bond acceptors (Lipinski definition) is 2. The van der Waals surface area contributed by atoms with Gasteiger partial charge in [-0.05, 0) is 24.8 Å². The summed E-state index contributed by atoms with van der Waals surface area (Å²) >= 11 is 0. The van der Waals surface area contributed by atoms with Crippen LogP contribution in [0.5, 0.6) is 0 Å². The lowest BCUT2D eigenvalue weighted by Gasteiger charge is -2.33. The summed E-state index contributed by atoms with van der Waals surface area (Å²) in [7, 11) is 1.83. The van der Waals surface area contributed by atoms with Gasteiger partial charge in [0.1, 0.15) is 0 Å². The molecule has 0 bridgehead atoms. The summed E-state index contributed by atoms with van der Waals surface area (Å²) in [4.78, 5) is 13.4. The van der Waals surface area contributed by atoms with Gasteiger partial charge in [0.25, 0.3) is 0 Å². The second kappa shape index (κ2) is 5.71. The lowest BCUT2D eigenvalue weighted by Crippen LogP contribution is -2.41. The number of carbonyl (C=O) groups is 1. The summed E-state index contributed by atoms with van der Waals surface area (Å²) in [5.41, 5.74) is 1.20. The van der Waals surface area contributed by atoms with Gasteiger partial charge >= 0.3 is 6.09 Å². The molecule has 3 heteroatoms. The quantitative estimate of drug-likeness (QED) is 0.800. The second-order valence-electron chi connectivity index (χ2n) is 4.55. The second-order valence-corrected chi connectivity index (χ2v) is 4.55. The van der Waals surface area contributed by atoms with E-state index in [1.54, 1.807) is 4.90 Å². The van der Waals surface area contributed by atoms with Gasteiger partial charge < -0.3 is 9.64 Å². The molecule has 0 spiro atoms. The fraction of sp³-hybridized carbons (Fsp3) is 0.500. The monoisotopic (exact) mass is 233 g/mol. The molecule has 0 unspecified atom stereocenters. The molecular weight excluding hydrogens is 214 g/mol. The number of nitrogens with zero attached hydrogens (tertiary/aromatic N) is 1. The maximum atomic E-state index is 11.7. The Kier molecular flexibility index (Phi) is 4.02. The molecule has 1 saturated carbocycles. The van der Waals surface area contributed by atoms with Crippen LogP contribution in [-0.2, 0) is 11.2 Å². The smallest absolute Gasteiger partial charge is 0.409 e. The van der Waals surface area contributed by atoms with Crippen molar-refractivity contribution in [3.63, 3.8) is 0 Å². The van der Waals surface area contributed by atoms with Crippen molar-refractivity contribution >= 4 is 6.09 Å². The van der Waals surface area contributed by atoms with Crippen molar-refractivity contribution in [1.82, 2.24) is 4.90 Å². The van der Waals surface area contributed by atoms with Crippen molar-refractivity contribution in [3.8, 4) is 0 Å². The highest BCUT2D eigenvalue weighted by Crippen LogP contribution is 2.23. The molecule has 1 aromatic rings. The minimum Gasteiger partial charge on any atom is -0.449 e. The number of benzene rings is 1. The van der Waals surface area contributed by atoms with Crippen molar-refractivity contribution < 1.29 is 9.53 Å². The summed E-state index contributed by atoms with van der Waals surface area (Å²) < 4.78 is 5.25. The van der Waals surface area contributed by atoms with Gasteiger partial charge in [-0.1, -0.05) is 30.3 Å². The normalized spacial score (nSPS) is 15.1. The molecule has 1 aromatic carbocycles. The van der Waals surface area contributed by atoms with E-state index in [0.717, 1.165) is 19.3 Å². The molecule has 0 aliphatic heterocycles. The maximum absolute atomic E-state index is 11.7. The van der Waals surface area contributed by atoms with Gasteiger partial charge in [0, 0.05) is 19.5 Å². The summed E-state index contributed by atoms with van der Waals surface area (Å²) in [6.07, 6.45) is 4.05. The molecular formula is C14H19NO2. The lowest BCUT2D eigenvalue weighted by atomic mass is 9.92. The van der Waals surface area contributed by atoms with Crippen LogP contribution in [0.3, 0.4) is 0 Å². The summed E-state index contributed by atoms with van der Waals surface area (Å²) in [6.45, 7) is 0.458. The van der Waals surface area contributed by atoms with Gasteiger partial charge in [0.2, 0.25) is 0 Å². The van der Waals surface area contributed by atoms with Crippen molar-refractivity contribution in [1.29, 1.82) is 0 Å². The zero-order valence-electron chi connectivity index (χ0n) is 10.3. The van der Waals surface area contributed by atoms with E-state index >= 15 is 0 Å². The van der Waals surface area contributed by atoms with Gasteiger partial charge in [-0.2, -0.15) is 0 Å². The molecule has 0 radical (unpaired) electrons. The van der Waals surface area contributed by atoms with Crippen LogP contribution in [0.2, 0.25) is 0 Å². The molecule has 2 rings (SSSR count). The highest BCUT2D eigenvalue weighted by atomic mass is 16.6. The molecule has 0 saturated heterocycles. The minimum absolute atomic E-state index is 0.189. The standard InChI is InChI=1S/C14H19NO2/c1-15(13-8-5-9-13)14(16)17-11-10-12-6-3-2-4-7-12/h2-4,6-7,13H,5,8-11H2,1H3. The first-order valence-electron chi connectivity index (χ1n) is 6.21. The van der Waals surface area contributed by atoms with E-state index in [-0.39, 0.29) is 6.09 Å². The predicted molar refractivity (Wildman–Crippen MR) is 66.9 cm³/mol. The average Bonchev–Trinajstić information content (AvgIpc) is 2.28. The molecule has 0 N–H and O–H groups in total. The average molecular weight is 233 g/mol. The van der Waals surface area contributed by atoms with Crippen LogP contribution < -0.4 is 0 Å². The minimum atomic E-state index is -0.189. The molecule has 0 atom stereocenters. The van der Waals surface area contributed by atoms with E-state index in [9.17, 15) is 4.79 Å². The largest absolute Gasteiger partial charge is 0.449 e. The zero-order chi connectivity index (χ0) is 12.1. The van der Waals surface area contributed by atoms with Gasteiger partial charge in [-0.3, -0.25) is 0 Å². The van der Waals surface area contributed by atoms with Crippen LogP contribution in [0.1, 0.15) is 24.8 Å². The molecule has 1 aliphatic carbocycles. The van der Waals surface area contributed by atoms with Gasteiger partial charge in [0.05, 0.1) is 6.61 Å². The topological polar surface area (TPSA) is 29.5 Å². The molecule has 0 aromatic heterocycles. The number of carbonyl (C=O) groups excluding carboxylic acids is 1. The highest BCUT2D eigenvalue weighted by Gasteiger charge is 2.26. The third-order valence-corrected chi connectivity index (χ3v) is 3.37. The fourth-order valence-corrected chi connectivity index (χ4v) is 1.93. The summed E-state index contributed by atoms with van der Waals surface area (Å²) in [6, 6.07) is 10.5.